The van der Waals surface area contributed by atoms with Crippen LogP contribution in [0.2, 0.25) is 10.0 Å². The van der Waals surface area contributed by atoms with Crippen molar-refractivity contribution in [2.75, 3.05) is 32.8 Å². The van der Waals surface area contributed by atoms with Gasteiger partial charge in [-0.25, -0.2) is 14.3 Å². The zero-order valence-electron chi connectivity index (χ0n) is 15.3. The molecule has 1 aromatic heterocycles. The first-order valence-corrected chi connectivity index (χ1v) is 9.45. The van der Waals surface area contributed by atoms with Crippen molar-refractivity contribution in [2.45, 2.75) is 12.9 Å². The van der Waals surface area contributed by atoms with Crippen LogP contribution in [0, 0.1) is 6.92 Å². The zero-order chi connectivity index (χ0) is 20.6. The van der Waals surface area contributed by atoms with E-state index < -0.39 is 17.9 Å². The van der Waals surface area contributed by atoms with E-state index in [1.165, 1.54) is 0 Å². The molecule has 3 heterocycles. The van der Waals surface area contributed by atoms with Gasteiger partial charge in [-0.2, -0.15) is 4.98 Å². The molecule has 4 rings (SSSR count). The van der Waals surface area contributed by atoms with E-state index in [4.69, 9.17) is 42.1 Å². The summed E-state index contributed by atoms with van der Waals surface area (Å²) in [6.07, 6.45) is 0. The highest BCUT2D eigenvalue weighted by Gasteiger charge is 2.52. The van der Waals surface area contributed by atoms with Gasteiger partial charge in [0.25, 0.3) is 0 Å². The highest BCUT2D eigenvalue weighted by atomic mass is 35.5. The van der Waals surface area contributed by atoms with Crippen LogP contribution in [-0.4, -0.2) is 70.4 Å². The topological polar surface area (TPSA) is 105 Å². The third-order valence-electron chi connectivity index (χ3n) is 4.35. The van der Waals surface area contributed by atoms with Crippen molar-refractivity contribution in [2.24, 2.45) is 0 Å². The average molecular weight is 443 g/mol. The average Bonchev–Trinajstić information content (AvgIpc) is 3.16. The summed E-state index contributed by atoms with van der Waals surface area (Å²) in [4.78, 5) is 28.8. The number of aryl methyl sites for hydroxylation is 1. The fourth-order valence-corrected chi connectivity index (χ4v) is 3.28. The monoisotopic (exact) mass is 442 g/mol. The van der Waals surface area contributed by atoms with E-state index >= 15 is 0 Å². The molecular weight excluding hydrogens is 427 g/mol. The molecule has 0 unspecified atom stereocenters. The summed E-state index contributed by atoms with van der Waals surface area (Å²) in [6.45, 7) is 3.41. The maximum absolute atomic E-state index is 11.3. The molecule has 0 amide bonds. The van der Waals surface area contributed by atoms with Gasteiger partial charge >= 0.3 is 23.9 Å². The van der Waals surface area contributed by atoms with Gasteiger partial charge in [-0.15, -0.1) is 5.10 Å². The summed E-state index contributed by atoms with van der Waals surface area (Å²) in [5, 5.41) is 5.19. The number of esters is 2. The van der Waals surface area contributed by atoms with Crippen LogP contribution in [0.4, 0.5) is 0 Å². The molecule has 0 saturated carbocycles. The van der Waals surface area contributed by atoms with Crippen molar-refractivity contribution in [3.8, 4) is 11.7 Å². The molecule has 0 N–H and O–H groups in total. The van der Waals surface area contributed by atoms with Crippen molar-refractivity contribution >= 4 is 35.1 Å². The summed E-state index contributed by atoms with van der Waals surface area (Å²) in [5.74, 6) is -3.17. The molecule has 2 aliphatic heterocycles. The Morgan fingerprint density at radius 2 is 1.97 bits per heavy atom. The molecule has 1 spiro atoms. The van der Waals surface area contributed by atoms with Gasteiger partial charge in [0.05, 0.1) is 22.3 Å². The van der Waals surface area contributed by atoms with E-state index in [0.717, 1.165) is 0 Å². The smallest absolute Gasteiger partial charge is 0.422 e. The second kappa shape index (κ2) is 7.79. The van der Waals surface area contributed by atoms with Crippen molar-refractivity contribution in [1.29, 1.82) is 0 Å². The SMILES string of the molecule is Cc1nc(OCCN2CCOC3(C2)OC(=O)C(=O)O3)nn1-c1ccc(Cl)c(Cl)c1. The van der Waals surface area contributed by atoms with E-state index in [2.05, 4.69) is 10.1 Å². The number of aromatic nitrogens is 3. The quantitative estimate of drug-likeness (QED) is 0.500. The number of nitrogens with zero attached hydrogens (tertiary/aromatic N) is 4. The van der Waals surface area contributed by atoms with E-state index in [1.807, 2.05) is 4.90 Å². The lowest BCUT2D eigenvalue weighted by Crippen LogP contribution is -2.53. The van der Waals surface area contributed by atoms with Crippen molar-refractivity contribution in [1.82, 2.24) is 19.7 Å². The van der Waals surface area contributed by atoms with Crippen LogP contribution in [0.1, 0.15) is 5.82 Å². The van der Waals surface area contributed by atoms with Gasteiger partial charge in [-0.05, 0) is 25.1 Å². The van der Waals surface area contributed by atoms with Gasteiger partial charge in [0.1, 0.15) is 19.0 Å². The second-order valence-electron chi connectivity index (χ2n) is 6.39. The number of halogens is 2. The highest BCUT2D eigenvalue weighted by Crippen LogP contribution is 2.27. The summed E-state index contributed by atoms with van der Waals surface area (Å²) in [6, 6.07) is 5.34. The lowest BCUT2D eigenvalue weighted by atomic mass is 10.3. The maximum atomic E-state index is 11.3. The van der Waals surface area contributed by atoms with E-state index in [0.29, 0.717) is 34.6 Å². The molecule has 10 nitrogen and oxygen atoms in total. The molecule has 2 aromatic rings. The molecule has 0 bridgehead atoms. The summed E-state index contributed by atoms with van der Waals surface area (Å²) < 4.78 is 22.4. The second-order valence-corrected chi connectivity index (χ2v) is 7.20. The molecule has 0 atom stereocenters. The van der Waals surface area contributed by atoms with Crippen molar-refractivity contribution in [3.63, 3.8) is 0 Å². The lowest BCUT2D eigenvalue weighted by molar-refractivity contribution is -0.338. The van der Waals surface area contributed by atoms with Crippen LogP contribution in [0.25, 0.3) is 5.69 Å². The van der Waals surface area contributed by atoms with Gasteiger partial charge < -0.3 is 18.9 Å². The Kier molecular flexibility index (Phi) is 5.34. The van der Waals surface area contributed by atoms with E-state index in [-0.39, 0.29) is 25.8 Å². The van der Waals surface area contributed by atoms with Crippen molar-refractivity contribution < 1.29 is 28.5 Å². The predicted octanol–water partition coefficient (Wildman–Crippen LogP) is 1.35. The molecule has 0 aliphatic carbocycles. The minimum absolute atomic E-state index is 0.0952. The van der Waals surface area contributed by atoms with Crippen LogP contribution in [0.5, 0.6) is 6.01 Å². The third kappa shape index (κ3) is 4.15. The Hall–Kier alpha value is -2.40. The van der Waals surface area contributed by atoms with Crippen LogP contribution >= 0.6 is 23.2 Å². The van der Waals surface area contributed by atoms with Crippen LogP contribution < -0.4 is 4.74 Å². The minimum Gasteiger partial charge on any atom is -0.461 e. The molecule has 0 radical (unpaired) electrons. The molecular formula is C17H16Cl2N4O6. The lowest BCUT2D eigenvalue weighted by Gasteiger charge is -2.35. The number of rotatable bonds is 5. The van der Waals surface area contributed by atoms with Crippen LogP contribution in [-0.2, 0) is 23.8 Å². The fourth-order valence-electron chi connectivity index (χ4n) is 2.98. The Morgan fingerprint density at radius 3 is 2.69 bits per heavy atom. The largest absolute Gasteiger partial charge is 0.461 e. The highest BCUT2D eigenvalue weighted by molar-refractivity contribution is 6.42. The maximum Gasteiger partial charge on any atom is 0.422 e. The Bertz CT molecular complexity index is 949. The molecule has 154 valence electrons. The molecule has 2 saturated heterocycles. The van der Waals surface area contributed by atoms with Crippen LogP contribution in [0.3, 0.4) is 0 Å². The third-order valence-corrected chi connectivity index (χ3v) is 5.08. The molecule has 2 aliphatic rings. The zero-order valence-corrected chi connectivity index (χ0v) is 16.8. The first kappa shape index (κ1) is 19.9. The predicted molar refractivity (Wildman–Crippen MR) is 98.9 cm³/mol. The number of ether oxygens (including phenoxy) is 4. The first-order chi connectivity index (χ1) is 13.8. The summed E-state index contributed by atoms with van der Waals surface area (Å²) >= 11 is 12.0. The van der Waals surface area contributed by atoms with Gasteiger partial charge in [-0.1, -0.05) is 23.2 Å². The summed E-state index contributed by atoms with van der Waals surface area (Å²) in [5.41, 5.74) is 0.708. The Morgan fingerprint density at radius 1 is 1.21 bits per heavy atom. The molecule has 2 fully saturated rings. The first-order valence-electron chi connectivity index (χ1n) is 8.70. The van der Waals surface area contributed by atoms with Crippen molar-refractivity contribution in [3.05, 3.63) is 34.1 Å². The minimum atomic E-state index is -1.67. The number of hydrogen-bond donors (Lipinski definition) is 0. The number of carbonyl (C=O) groups excluding carboxylic acids is 2. The van der Waals surface area contributed by atoms with Gasteiger partial charge in [0.15, 0.2) is 0 Å². The van der Waals surface area contributed by atoms with E-state index in [9.17, 15) is 9.59 Å². The Labute approximate surface area is 175 Å². The summed E-state index contributed by atoms with van der Waals surface area (Å²) in [7, 11) is 0. The van der Waals surface area contributed by atoms with E-state index in [1.54, 1.807) is 29.8 Å². The number of morpholine rings is 1. The van der Waals surface area contributed by atoms with Crippen LogP contribution in [0.15, 0.2) is 18.2 Å². The molecule has 1 aromatic carbocycles. The molecule has 29 heavy (non-hydrogen) atoms. The molecule has 12 heteroatoms. The normalized spacial score (nSPS) is 18.7. The standard InChI is InChI=1S/C17H16Cl2N4O6/c1-10-20-16(21-23(10)11-2-3-12(18)13(19)8-11)26-6-4-22-5-7-27-17(9-22)28-14(24)15(25)29-17/h2-3,8H,4-7,9H2,1H3. The van der Waals surface area contributed by atoms with Gasteiger partial charge in [0, 0.05) is 13.1 Å². The Balaban J connectivity index is 1.35. The van der Waals surface area contributed by atoms with Gasteiger partial charge in [-0.3, -0.25) is 4.90 Å². The van der Waals surface area contributed by atoms with Gasteiger partial charge in [0.2, 0.25) is 0 Å². The number of benzene rings is 1. The number of carbonyl (C=O) groups is 2. The fraction of sp³-hybridized carbons (Fsp3) is 0.412. The number of hydrogen-bond acceptors (Lipinski definition) is 9.